The van der Waals surface area contributed by atoms with Gasteiger partial charge >= 0.3 is 0 Å². The zero-order valence-corrected chi connectivity index (χ0v) is 12.2. The Hall–Kier alpha value is -0.880. The summed E-state index contributed by atoms with van der Waals surface area (Å²) in [6, 6.07) is 5.73. The van der Waals surface area contributed by atoms with Crippen molar-refractivity contribution in [2.24, 2.45) is 0 Å². The number of benzene rings is 1. The van der Waals surface area contributed by atoms with Gasteiger partial charge in [-0.15, -0.1) is 0 Å². The fourth-order valence-corrected chi connectivity index (χ4v) is 2.96. The normalized spacial score (nSPS) is 23.3. The molecule has 0 radical (unpaired) electrons. The van der Waals surface area contributed by atoms with Crippen LogP contribution in [0.2, 0.25) is 5.02 Å². The minimum Gasteiger partial charge on any atom is -0.378 e. The fourth-order valence-electron chi connectivity index (χ4n) is 2.52. The van der Waals surface area contributed by atoms with Gasteiger partial charge in [0.2, 0.25) is 0 Å². The Morgan fingerprint density at radius 1 is 1.58 bits per heavy atom. The molecular formula is C13H15ClN2O2S. The number of rotatable bonds is 3. The molecule has 0 spiro atoms. The van der Waals surface area contributed by atoms with E-state index in [1.54, 1.807) is 7.11 Å². The van der Waals surface area contributed by atoms with E-state index in [-0.39, 0.29) is 5.60 Å². The average Bonchev–Trinajstić information content (AvgIpc) is 2.96. The van der Waals surface area contributed by atoms with Gasteiger partial charge in [0.25, 0.3) is 0 Å². The van der Waals surface area contributed by atoms with E-state index in [0.29, 0.717) is 22.9 Å². The Balaban J connectivity index is 2.05. The molecule has 0 amide bonds. The Labute approximate surface area is 121 Å². The summed E-state index contributed by atoms with van der Waals surface area (Å²) in [5.41, 5.74) is 1.70. The van der Waals surface area contributed by atoms with E-state index >= 15 is 0 Å². The third kappa shape index (κ3) is 2.31. The van der Waals surface area contributed by atoms with Crippen molar-refractivity contribution < 1.29 is 9.47 Å². The third-order valence-corrected chi connectivity index (χ3v) is 4.24. The van der Waals surface area contributed by atoms with Gasteiger partial charge in [-0.3, -0.25) is 0 Å². The predicted molar refractivity (Wildman–Crippen MR) is 77.3 cm³/mol. The molecule has 1 aliphatic heterocycles. The van der Waals surface area contributed by atoms with E-state index in [9.17, 15) is 0 Å². The van der Waals surface area contributed by atoms with Crippen LogP contribution in [-0.2, 0) is 16.0 Å². The number of hydrogen-bond donors (Lipinski definition) is 1. The van der Waals surface area contributed by atoms with Crippen LogP contribution in [0.4, 0.5) is 0 Å². The molecule has 1 N–H and O–H groups in total. The van der Waals surface area contributed by atoms with Gasteiger partial charge in [0.05, 0.1) is 24.2 Å². The van der Waals surface area contributed by atoms with Crippen molar-refractivity contribution in [2.45, 2.75) is 18.6 Å². The minimum absolute atomic E-state index is 0.285. The number of nitrogens with one attached hydrogen (secondary N) is 1. The molecule has 3 rings (SSSR count). The summed E-state index contributed by atoms with van der Waals surface area (Å²) in [7, 11) is 1.73. The van der Waals surface area contributed by atoms with E-state index in [4.69, 9.17) is 33.3 Å². The van der Waals surface area contributed by atoms with Crippen LogP contribution in [0.1, 0.15) is 6.42 Å². The van der Waals surface area contributed by atoms with Gasteiger partial charge in [-0.2, -0.15) is 0 Å². The van der Waals surface area contributed by atoms with Gasteiger partial charge in [0.1, 0.15) is 5.60 Å². The van der Waals surface area contributed by atoms with Crippen LogP contribution in [0, 0.1) is 4.77 Å². The lowest BCUT2D eigenvalue weighted by molar-refractivity contribution is -0.0290. The highest BCUT2D eigenvalue weighted by atomic mass is 35.5. The molecule has 1 saturated heterocycles. The Kier molecular flexibility index (Phi) is 3.39. The van der Waals surface area contributed by atoms with Crippen LogP contribution in [0.5, 0.6) is 0 Å². The molecule has 1 aromatic heterocycles. The molecule has 6 heteroatoms. The summed E-state index contributed by atoms with van der Waals surface area (Å²) >= 11 is 11.4. The number of nitrogens with zero attached hydrogens (tertiary/aromatic N) is 1. The largest absolute Gasteiger partial charge is 0.378 e. The van der Waals surface area contributed by atoms with Crippen molar-refractivity contribution in [3.8, 4) is 0 Å². The summed E-state index contributed by atoms with van der Waals surface area (Å²) in [6.45, 7) is 2.02. The van der Waals surface area contributed by atoms with Crippen molar-refractivity contribution in [2.75, 3.05) is 20.3 Å². The maximum Gasteiger partial charge on any atom is 0.178 e. The molecule has 4 nitrogen and oxygen atoms in total. The zero-order valence-electron chi connectivity index (χ0n) is 10.6. The van der Waals surface area contributed by atoms with E-state index in [1.165, 1.54) is 0 Å². The highest BCUT2D eigenvalue weighted by Crippen LogP contribution is 2.27. The summed E-state index contributed by atoms with van der Waals surface area (Å²) in [5.74, 6) is 0. The number of imidazole rings is 1. The first-order chi connectivity index (χ1) is 9.13. The van der Waals surface area contributed by atoms with Crippen molar-refractivity contribution in [1.29, 1.82) is 0 Å². The monoisotopic (exact) mass is 298 g/mol. The Bertz CT molecular complexity index is 658. The number of H-pyrrole nitrogens is 1. The van der Waals surface area contributed by atoms with Gasteiger partial charge in [-0.05, 0) is 30.4 Å². The molecule has 1 fully saturated rings. The highest BCUT2D eigenvalue weighted by Gasteiger charge is 2.35. The lowest BCUT2D eigenvalue weighted by atomic mass is 10.0. The average molecular weight is 299 g/mol. The second-order valence-corrected chi connectivity index (χ2v) is 5.69. The summed E-state index contributed by atoms with van der Waals surface area (Å²) in [5, 5.41) is 0.696. The number of aromatic amines is 1. The highest BCUT2D eigenvalue weighted by molar-refractivity contribution is 7.71. The van der Waals surface area contributed by atoms with Gasteiger partial charge in [-0.1, -0.05) is 11.6 Å². The number of aromatic nitrogens is 2. The molecule has 1 unspecified atom stereocenters. The molecule has 1 atom stereocenters. The van der Waals surface area contributed by atoms with Crippen LogP contribution < -0.4 is 0 Å². The van der Waals surface area contributed by atoms with Crippen molar-refractivity contribution in [3.05, 3.63) is 28.0 Å². The number of methoxy groups -OCH3 is 1. The molecule has 2 aromatic rings. The fraction of sp³-hybridized carbons (Fsp3) is 0.462. The summed E-state index contributed by atoms with van der Waals surface area (Å²) < 4.78 is 13.9. The van der Waals surface area contributed by atoms with Gasteiger partial charge in [0, 0.05) is 25.2 Å². The molecule has 19 heavy (non-hydrogen) atoms. The van der Waals surface area contributed by atoms with Crippen molar-refractivity contribution in [1.82, 2.24) is 9.55 Å². The summed E-state index contributed by atoms with van der Waals surface area (Å²) in [6.07, 6.45) is 0.880. The quantitative estimate of drug-likeness (QED) is 0.885. The van der Waals surface area contributed by atoms with Crippen molar-refractivity contribution >= 4 is 34.9 Å². The topological polar surface area (TPSA) is 39.2 Å². The maximum atomic E-state index is 6.00. The SMILES string of the molecule is COC1(Cn2c(=S)[nH]c3cc(Cl)ccc32)CCOC1. The van der Waals surface area contributed by atoms with Crippen LogP contribution in [0.3, 0.4) is 0 Å². The number of fused-ring (bicyclic) bond motifs is 1. The Morgan fingerprint density at radius 3 is 3.11 bits per heavy atom. The molecule has 1 aliphatic rings. The minimum atomic E-state index is -0.285. The molecule has 1 aromatic carbocycles. The standard InChI is InChI=1S/C13H15ClN2O2S/c1-17-13(4-5-18-8-13)7-16-11-3-2-9(14)6-10(11)15-12(16)19/h2-3,6H,4-5,7-8H2,1H3,(H,15,19). The smallest absolute Gasteiger partial charge is 0.178 e. The molecule has 0 aliphatic carbocycles. The first kappa shape index (κ1) is 13.1. The lowest BCUT2D eigenvalue weighted by Crippen LogP contribution is -2.37. The summed E-state index contributed by atoms with van der Waals surface area (Å²) in [4.78, 5) is 3.18. The Morgan fingerprint density at radius 2 is 2.42 bits per heavy atom. The van der Waals surface area contributed by atoms with Crippen LogP contribution in [0.25, 0.3) is 11.0 Å². The first-order valence-electron chi connectivity index (χ1n) is 6.14. The number of hydrogen-bond acceptors (Lipinski definition) is 3. The third-order valence-electron chi connectivity index (χ3n) is 3.68. The number of ether oxygens (including phenoxy) is 2. The predicted octanol–water partition coefficient (Wildman–Crippen LogP) is 3.16. The van der Waals surface area contributed by atoms with E-state index < -0.39 is 0 Å². The van der Waals surface area contributed by atoms with Crippen LogP contribution in [0.15, 0.2) is 18.2 Å². The molecule has 0 saturated carbocycles. The molecular weight excluding hydrogens is 284 g/mol. The first-order valence-corrected chi connectivity index (χ1v) is 6.93. The maximum absolute atomic E-state index is 6.00. The van der Waals surface area contributed by atoms with Gasteiger partial charge < -0.3 is 19.0 Å². The molecule has 102 valence electrons. The van der Waals surface area contributed by atoms with Gasteiger partial charge in [-0.25, -0.2) is 0 Å². The van der Waals surface area contributed by atoms with Crippen LogP contribution >= 0.6 is 23.8 Å². The van der Waals surface area contributed by atoms with Crippen LogP contribution in [-0.4, -0.2) is 35.5 Å². The lowest BCUT2D eigenvalue weighted by Gasteiger charge is -2.26. The second-order valence-electron chi connectivity index (χ2n) is 4.87. The van der Waals surface area contributed by atoms with E-state index in [2.05, 4.69) is 9.55 Å². The zero-order chi connectivity index (χ0) is 13.5. The number of halogens is 1. The molecule has 2 heterocycles. The second kappa shape index (κ2) is 4.90. The van der Waals surface area contributed by atoms with E-state index in [1.807, 2.05) is 18.2 Å². The van der Waals surface area contributed by atoms with Gasteiger partial charge in [0.15, 0.2) is 4.77 Å². The molecule has 0 bridgehead atoms. The van der Waals surface area contributed by atoms with E-state index in [0.717, 1.165) is 24.1 Å². The van der Waals surface area contributed by atoms with Crippen molar-refractivity contribution in [3.63, 3.8) is 0 Å².